The van der Waals surface area contributed by atoms with Gasteiger partial charge in [0.25, 0.3) is 11.8 Å². The number of H-pyrrole nitrogens is 1. The molecule has 0 bridgehead atoms. The highest BCUT2D eigenvalue weighted by Crippen LogP contribution is 2.27. The molecule has 1 fully saturated rings. The fraction of sp³-hybridized carbons (Fsp3) is 0.111. The zero-order valence-corrected chi connectivity index (χ0v) is 13.8. The number of rotatable bonds is 3. The number of aromatic nitrogens is 2. The van der Waals surface area contributed by atoms with Crippen molar-refractivity contribution in [2.24, 2.45) is 0 Å². The van der Waals surface area contributed by atoms with Gasteiger partial charge in [-0.1, -0.05) is 48.5 Å². The zero-order chi connectivity index (χ0) is 18.3. The first-order valence-corrected chi connectivity index (χ1v) is 7.97. The number of hydrogen-bond donors (Lipinski definition) is 3. The smallest absolute Gasteiger partial charge is 0.318 e. The van der Waals surface area contributed by atoms with Crippen molar-refractivity contribution in [1.29, 1.82) is 0 Å². The molecule has 26 heavy (non-hydrogen) atoms. The highest BCUT2D eigenvalue weighted by atomic mass is 16.2. The SMILES string of the molecule is C[C@@]1(c2ccccc2)NC(=O)N(NC(=O)c2n[nH]c3ccccc23)C1=O. The van der Waals surface area contributed by atoms with Crippen molar-refractivity contribution in [2.45, 2.75) is 12.5 Å². The van der Waals surface area contributed by atoms with Crippen molar-refractivity contribution >= 4 is 28.7 Å². The van der Waals surface area contributed by atoms with Gasteiger partial charge in [0.15, 0.2) is 5.69 Å². The third-order valence-electron chi connectivity index (χ3n) is 4.44. The van der Waals surface area contributed by atoms with E-state index in [1.165, 1.54) is 0 Å². The van der Waals surface area contributed by atoms with Crippen LogP contribution in [0.5, 0.6) is 0 Å². The maximum atomic E-state index is 12.8. The minimum Gasteiger partial charge on any atom is -0.318 e. The van der Waals surface area contributed by atoms with E-state index in [4.69, 9.17) is 0 Å². The highest BCUT2D eigenvalue weighted by molar-refractivity contribution is 6.11. The predicted molar refractivity (Wildman–Crippen MR) is 92.7 cm³/mol. The molecular weight excluding hydrogens is 334 g/mol. The van der Waals surface area contributed by atoms with E-state index in [1.54, 1.807) is 49.4 Å². The van der Waals surface area contributed by atoms with E-state index in [1.807, 2.05) is 12.1 Å². The lowest BCUT2D eigenvalue weighted by Crippen LogP contribution is -2.48. The lowest BCUT2D eigenvalue weighted by atomic mass is 9.92. The summed E-state index contributed by atoms with van der Waals surface area (Å²) in [5.41, 5.74) is 2.51. The molecule has 4 rings (SSSR count). The molecule has 2 heterocycles. The average molecular weight is 349 g/mol. The van der Waals surface area contributed by atoms with Crippen LogP contribution in [-0.4, -0.2) is 33.1 Å². The molecule has 0 unspecified atom stereocenters. The number of nitrogens with zero attached hydrogens (tertiary/aromatic N) is 2. The second kappa shape index (κ2) is 5.69. The average Bonchev–Trinajstić information content (AvgIpc) is 3.18. The largest absolute Gasteiger partial charge is 0.344 e. The Morgan fingerprint density at radius 2 is 1.77 bits per heavy atom. The molecule has 8 nitrogen and oxygen atoms in total. The molecule has 2 aromatic carbocycles. The minimum atomic E-state index is -1.25. The molecule has 1 atom stereocenters. The van der Waals surface area contributed by atoms with Crippen LogP contribution in [0.25, 0.3) is 10.9 Å². The summed E-state index contributed by atoms with van der Waals surface area (Å²) in [5, 5.41) is 10.6. The summed E-state index contributed by atoms with van der Waals surface area (Å²) in [4.78, 5) is 37.6. The van der Waals surface area contributed by atoms with Crippen molar-refractivity contribution in [3.05, 3.63) is 65.9 Å². The molecular formula is C18H15N5O3. The molecule has 0 saturated carbocycles. The predicted octanol–water partition coefficient (Wildman–Crippen LogP) is 1.67. The van der Waals surface area contributed by atoms with Gasteiger partial charge in [0.1, 0.15) is 5.54 Å². The molecule has 1 aromatic heterocycles. The molecule has 130 valence electrons. The molecule has 1 aliphatic rings. The molecule has 1 aliphatic heterocycles. The third kappa shape index (κ3) is 2.31. The van der Waals surface area contributed by atoms with Gasteiger partial charge < -0.3 is 5.32 Å². The number of carbonyl (C=O) groups excluding carboxylic acids is 3. The number of nitrogens with one attached hydrogen (secondary N) is 3. The fourth-order valence-electron chi connectivity index (χ4n) is 3.00. The van der Waals surface area contributed by atoms with Gasteiger partial charge in [0, 0.05) is 5.39 Å². The summed E-state index contributed by atoms with van der Waals surface area (Å²) in [6.07, 6.45) is 0. The van der Waals surface area contributed by atoms with E-state index >= 15 is 0 Å². The number of hydrazine groups is 1. The standard InChI is InChI=1S/C18H15N5O3/c1-18(11-7-3-2-4-8-11)16(25)23(17(26)19-18)22-15(24)14-12-9-5-6-10-13(12)20-21-14/h2-10H,1H3,(H,19,26)(H,20,21)(H,22,24)/t18-/m0/s1. The number of amides is 4. The molecule has 0 radical (unpaired) electrons. The Hall–Kier alpha value is -3.68. The summed E-state index contributed by atoms with van der Waals surface area (Å²) in [6, 6.07) is 15.2. The number of carbonyl (C=O) groups is 3. The van der Waals surface area contributed by atoms with E-state index in [0.29, 0.717) is 21.5 Å². The van der Waals surface area contributed by atoms with Gasteiger partial charge in [-0.05, 0) is 18.6 Å². The molecule has 1 saturated heterocycles. The van der Waals surface area contributed by atoms with Gasteiger partial charge in [-0.25, -0.2) is 4.79 Å². The molecule has 3 aromatic rings. The van der Waals surface area contributed by atoms with Crippen LogP contribution in [0.2, 0.25) is 0 Å². The van der Waals surface area contributed by atoms with Crippen LogP contribution in [0.3, 0.4) is 0 Å². The van der Waals surface area contributed by atoms with Crippen LogP contribution in [0.1, 0.15) is 23.0 Å². The second-order valence-corrected chi connectivity index (χ2v) is 6.12. The summed E-state index contributed by atoms with van der Waals surface area (Å²) in [5.74, 6) is -1.22. The maximum Gasteiger partial charge on any atom is 0.344 e. The van der Waals surface area contributed by atoms with Crippen LogP contribution in [0, 0.1) is 0 Å². The molecule has 4 amide bonds. The first-order chi connectivity index (χ1) is 12.5. The molecule has 0 spiro atoms. The van der Waals surface area contributed by atoms with Gasteiger partial charge in [-0.3, -0.25) is 20.1 Å². The van der Waals surface area contributed by atoms with Gasteiger partial charge in [-0.15, -0.1) is 0 Å². The third-order valence-corrected chi connectivity index (χ3v) is 4.44. The van der Waals surface area contributed by atoms with E-state index in [2.05, 4.69) is 20.9 Å². The Kier molecular flexibility index (Phi) is 3.47. The Balaban J connectivity index is 1.61. The quantitative estimate of drug-likeness (QED) is 0.625. The summed E-state index contributed by atoms with van der Waals surface area (Å²) in [7, 11) is 0. The van der Waals surface area contributed by atoms with E-state index < -0.39 is 23.4 Å². The first-order valence-electron chi connectivity index (χ1n) is 7.97. The van der Waals surface area contributed by atoms with E-state index in [9.17, 15) is 14.4 Å². The van der Waals surface area contributed by atoms with E-state index in [0.717, 1.165) is 0 Å². The van der Waals surface area contributed by atoms with Crippen molar-refractivity contribution in [2.75, 3.05) is 0 Å². The number of hydrogen-bond acceptors (Lipinski definition) is 4. The number of aromatic amines is 1. The van der Waals surface area contributed by atoms with Gasteiger partial charge in [0.2, 0.25) is 0 Å². The second-order valence-electron chi connectivity index (χ2n) is 6.12. The van der Waals surface area contributed by atoms with Gasteiger partial charge in [0.05, 0.1) is 5.52 Å². The normalized spacial score (nSPS) is 19.7. The summed E-state index contributed by atoms with van der Waals surface area (Å²) < 4.78 is 0. The first kappa shape index (κ1) is 15.8. The number of benzene rings is 2. The van der Waals surface area contributed by atoms with Crippen LogP contribution in [-0.2, 0) is 10.3 Å². The zero-order valence-electron chi connectivity index (χ0n) is 13.8. The Morgan fingerprint density at radius 1 is 1.08 bits per heavy atom. The van der Waals surface area contributed by atoms with Crippen LogP contribution in [0.15, 0.2) is 54.6 Å². The Labute approximate surface area is 148 Å². The van der Waals surface area contributed by atoms with Gasteiger partial charge >= 0.3 is 6.03 Å². The van der Waals surface area contributed by atoms with Crippen molar-refractivity contribution in [1.82, 2.24) is 25.9 Å². The number of fused-ring (bicyclic) bond motifs is 1. The van der Waals surface area contributed by atoms with Crippen molar-refractivity contribution < 1.29 is 14.4 Å². The van der Waals surface area contributed by atoms with Crippen LogP contribution < -0.4 is 10.7 Å². The molecule has 3 N–H and O–H groups in total. The van der Waals surface area contributed by atoms with Crippen LogP contribution >= 0.6 is 0 Å². The number of urea groups is 1. The number of imide groups is 1. The van der Waals surface area contributed by atoms with E-state index in [-0.39, 0.29) is 5.69 Å². The number of para-hydroxylation sites is 1. The van der Waals surface area contributed by atoms with Gasteiger partial charge in [-0.2, -0.15) is 10.1 Å². The van der Waals surface area contributed by atoms with Crippen molar-refractivity contribution in [3.8, 4) is 0 Å². The monoisotopic (exact) mass is 349 g/mol. The fourth-order valence-corrected chi connectivity index (χ4v) is 3.00. The Bertz CT molecular complexity index is 1030. The Morgan fingerprint density at radius 3 is 2.54 bits per heavy atom. The van der Waals surface area contributed by atoms with Crippen LogP contribution in [0.4, 0.5) is 4.79 Å². The maximum absolute atomic E-state index is 12.8. The lowest BCUT2D eigenvalue weighted by Gasteiger charge is -2.21. The lowest BCUT2D eigenvalue weighted by molar-refractivity contribution is -0.132. The highest BCUT2D eigenvalue weighted by Gasteiger charge is 2.50. The molecule has 8 heteroatoms. The summed E-state index contributed by atoms with van der Waals surface area (Å²) >= 11 is 0. The summed E-state index contributed by atoms with van der Waals surface area (Å²) in [6.45, 7) is 1.60. The van der Waals surface area contributed by atoms with Crippen molar-refractivity contribution in [3.63, 3.8) is 0 Å². The molecule has 0 aliphatic carbocycles. The topological polar surface area (TPSA) is 107 Å². The minimum absolute atomic E-state index is 0.106.